The molecule has 0 saturated heterocycles. The summed E-state index contributed by atoms with van der Waals surface area (Å²) in [4.78, 5) is 26.0. The van der Waals surface area contributed by atoms with Gasteiger partial charge >= 0.3 is 5.97 Å². The Labute approximate surface area is 176 Å². The molecule has 0 fully saturated rings. The Hall–Kier alpha value is -3.19. The van der Waals surface area contributed by atoms with Gasteiger partial charge < -0.3 is 10.0 Å². The van der Waals surface area contributed by atoms with E-state index in [1.54, 1.807) is 15.7 Å². The maximum Gasteiger partial charge on any atom is 0.356 e. The molecule has 6 nitrogen and oxygen atoms in total. The number of aromatic nitrogens is 2. The van der Waals surface area contributed by atoms with Crippen molar-refractivity contribution < 1.29 is 14.7 Å². The van der Waals surface area contributed by atoms with Crippen LogP contribution < -0.4 is 0 Å². The van der Waals surface area contributed by atoms with Crippen molar-refractivity contribution in [3.63, 3.8) is 0 Å². The molecule has 1 amide bonds. The smallest absolute Gasteiger partial charge is 0.356 e. The molecule has 1 N–H and O–H groups in total. The third kappa shape index (κ3) is 4.00. The predicted molar refractivity (Wildman–Crippen MR) is 113 cm³/mol. The zero-order valence-corrected chi connectivity index (χ0v) is 17.0. The van der Waals surface area contributed by atoms with Gasteiger partial charge in [0.1, 0.15) is 0 Å². The second kappa shape index (κ2) is 8.05. The lowest BCUT2D eigenvalue weighted by Gasteiger charge is -2.26. The van der Waals surface area contributed by atoms with E-state index >= 15 is 0 Å². The summed E-state index contributed by atoms with van der Waals surface area (Å²) in [5.41, 5.74) is 3.15. The molecule has 3 aromatic rings. The maximum absolute atomic E-state index is 12.6. The van der Waals surface area contributed by atoms with Gasteiger partial charge in [0.25, 0.3) is 0 Å². The Morgan fingerprint density at radius 3 is 2.48 bits per heavy atom. The molecule has 1 aliphatic heterocycles. The number of hydrogen-bond acceptors (Lipinski definition) is 3. The van der Waals surface area contributed by atoms with Crippen molar-refractivity contribution in [3.8, 4) is 5.69 Å². The number of rotatable bonds is 4. The van der Waals surface area contributed by atoms with E-state index in [1.807, 2.05) is 54.6 Å². The third-order valence-electron chi connectivity index (χ3n) is 4.86. The summed E-state index contributed by atoms with van der Waals surface area (Å²) in [6.45, 7) is 0.734. The standard InChI is InChI=1S/C22H18BrN3O3/c23-16-7-9-17(10-8-16)26-19-12-13-25(14-18(19)21(24-26)22(28)29)20(27)11-6-15-4-2-1-3-5-15/h1-11H,12-14H2,(H,28,29)/b11-6+. The van der Waals surface area contributed by atoms with Crippen LogP contribution in [0.15, 0.2) is 65.1 Å². The Balaban J connectivity index is 1.61. The fourth-order valence-electron chi connectivity index (χ4n) is 3.41. The summed E-state index contributed by atoms with van der Waals surface area (Å²) in [5, 5.41) is 13.9. The monoisotopic (exact) mass is 451 g/mol. The van der Waals surface area contributed by atoms with E-state index in [9.17, 15) is 14.7 Å². The molecule has 0 radical (unpaired) electrons. The lowest BCUT2D eigenvalue weighted by molar-refractivity contribution is -0.126. The van der Waals surface area contributed by atoms with Crippen LogP contribution in [0.25, 0.3) is 11.8 Å². The van der Waals surface area contributed by atoms with Gasteiger partial charge in [-0.25, -0.2) is 9.48 Å². The van der Waals surface area contributed by atoms with Gasteiger partial charge in [-0.2, -0.15) is 5.10 Å². The van der Waals surface area contributed by atoms with Gasteiger partial charge in [-0.3, -0.25) is 4.79 Å². The summed E-state index contributed by atoms with van der Waals surface area (Å²) in [6, 6.07) is 17.1. The van der Waals surface area contributed by atoms with E-state index in [2.05, 4.69) is 21.0 Å². The van der Waals surface area contributed by atoms with Gasteiger partial charge in [0, 0.05) is 29.1 Å². The van der Waals surface area contributed by atoms with Crippen molar-refractivity contribution in [2.45, 2.75) is 13.0 Å². The van der Waals surface area contributed by atoms with Crippen LogP contribution in [0.2, 0.25) is 0 Å². The van der Waals surface area contributed by atoms with Crippen LogP contribution in [0.4, 0.5) is 0 Å². The van der Waals surface area contributed by atoms with Crippen molar-refractivity contribution in [2.24, 2.45) is 0 Å². The van der Waals surface area contributed by atoms with Crippen LogP contribution in [0.3, 0.4) is 0 Å². The van der Waals surface area contributed by atoms with Crippen LogP contribution in [0.5, 0.6) is 0 Å². The third-order valence-corrected chi connectivity index (χ3v) is 5.39. The van der Waals surface area contributed by atoms with Crippen molar-refractivity contribution in [2.75, 3.05) is 6.54 Å². The molecule has 7 heteroatoms. The Kier molecular flexibility index (Phi) is 5.31. The maximum atomic E-state index is 12.6. The second-order valence-corrected chi connectivity index (χ2v) is 7.64. The number of nitrogens with zero attached hydrogens (tertiary/aromatic N) is 3. The molecule has 0 unspecified atom stereocenters. The highest BCUT2D eigenvalue weighted by molar-refractivity contribution is 9.10. The molecule has 1 aromatic heterocycles. The zero-order valence-electron chi connectivity index (χ0n) is 15.5. The summed E-state index contributed by atoms with van der Waals surface area (Å²) in [6.07, 6.45) is 3.83. The number of carboxylic acid groups (broad SMARTS) is 1. The molecule has 146 valence electrons. The van der Waals surface area contributed by atoms with Crippen LogP contribution in [0, 0.1) is 0 Å². The molecule has 29 heavy (non-hydrogen) atoms. The fraction of sp³-hybridized carbons (Fsp3) is 0.136. The highest BCUT2D eigenvalue weighted by atomic mass is 79.9. The highest BCUT2D eigenvalue weighted by Gasteiger charge is 2.29. The van der Waals surface area contributed by atoms with E-state index in [0.717, 1.165) is 21.4 Å². The van der Waals surface area contributed by atoms with Gasteiger partial charge in [0.05, 0.1) is 17.9 Å². The average molecular weight is 452 g/mol. The van der Waals surface area contributed by atoms with E-state index in [-0.39, 0.29) is 18.1 Å². The Morgan fingerprint density at radius 2 is 1.79 bits per heavy atom. The summed E-state index contributed by atoms with van der Waals surface area (Å²) in [7, 11) is 0. The molecule has 2 heterocycles. The number of carbonyl (C=O) groups is 2. The van der Waals surface area contributed by atoms with E-state index < -0.39 is 5.97 Å². The molecular weight excluding hydrogens is 434 g/mol. The summed E-state index contributed by atoms with van der Waals surface area (Å²) < 4.78 is 2.61. The summed E-state index contributed by atoms with van der Waals surface area (Å²) in [5.74, 6) is -1.24. The predicted octanol–water partition coefficient (Wildman–Crippen LogP) is 3.93. The topological polar surface area (TPSA) is 75.4 Å². The molecular formula is C22H18BrN3O3. The quantitative estimate of drug-likeness (QED) is 0.609. The molecule has 0 spiro atoms. The first-order valence-electron chi connectivity index (χ1n) is 9.15. The number of fused-ring (bicyclic) bond motifs is 1. The van der Waals surface area contributed by atoms with Crippen LogP contribution in [-0.2, 0) is 17.8 Å². The van der Waals surface area contributed by atoms with Gasteiger partial charge in [-0.15, -0.1) is 0 Å². The zero-order chi connectivity index (χ0) is 20.4. The first kappa shape index (κ1) is 19.1. The average Bonchev–Trinajstić information content (AvgIpc) is 3.12. The van der Waals surface area contributed by atoms with Crippen LogP contribution in [0.1, 0.15) is 27.3 Å². The number of halogens is 1. The van der Waals surface area contributed by atoms with Gasteiger partial charge in [0.15, 0.2) is 5.69 Å². The largest absolute Gasteiger partial charge is 0.476 e. The van der Waals surface area contributed by atoms with Crippen LogP contribution in [-0.4, -0.2) is 38.2 Å². The molecule has 2 aromatic carbocycles. The normalized spacial score (nSPS) is 13.5. The molecule has 4 rings (SSSR count). The molecule has 1 aliphatic rings. The Morgan fingerprint density at radius 1 is 1.07 bits per heavy atom. The fourth-order valence-corrected chi connectivity index (χ4v) is 3.68. The van der Waals surface area contributed by atoms with E-state index in [0.29, 0.717) is 18.5 Å². The van der Waals surface area contributed by atoms with Crippen molar-refractivity contribution in [1.29, 1.82) is 0 Å². The molecule has 0 atom stereocenters. The minimum absolute atomic E-state index is 0.00698. The summed E-state index contributed by atoms with van der Waals surface area (Å²) >= 11 is 3.40. The Bertz CT molecular complexity index is 1090. The van der Waals surface area contributed by atoms with Gasteiger partial charge in [0.2, 0.25) is 5.91 Å². The van der Waals surface area contributed by atoms with E-state index in [1.165, 1.54) is 6.08 Å². The number of aromatic carboxylic acids is 1. The van der Waals surface area contributed by atoms with Gasteiger partial charge in [-0.05, 0) is 35.9 Å². The minimum Gasteiger partial charge on any atom is -0.476 e. The highest BCUT2D eigenvalue weighted by Crippen LogP contribution is 2.26. The molecule has 0 bridgehead atoms. The van der Waals surface area contributed by atoms with Crippen molar-refractivity contribution >= 4 is 33.9 Å². The lowest BCUT2D eigenvalue weighted by atomic mass is 10.0. The number of carbonyl (C=O) groups excluding carboxylic acids is 1. The van der Waals surface area contributed by atoms with E-state index in [4.69, 9.17) is 0 Å². The number of amides is 1. The molecule has 0 saturated carbocycles. The SMILES string of the molecule is O=C(O)c1nn(-c2ccc(Br)cc2)c2c1CN(C(=O)/C=C/c1ccccc1)CC2. The molecule has 0 aliphatic carbocycles. The first-order valence-corrected chi connectivity index (χ1v) is 9.94. The number of hydrogen-bond donors (Lipinski definition) is 1. The van der Waals surface area contributed by atoms with Crippen molar-refractivity contribution in [1.82, 2.24) is 14.7 Å². The number of benzene rings is 2. The lowest BCUT2D eigenvalue weighted by Crippen LogP contribution is -2.35. The minimum atomic E-state index is -1.09. The number of carboxylic acids is 1. The first-order chi connectivity index (χ1) is 14.0. The van der Waals surface area contributed by atoms with Gasteiger partial charge in [-0.1, -0.05) is 46.3 Å². The second-order valence-electron chi connectivity index (χ2n) is 6.72. The van der Waals surface area contributed by atoms with Crippen LogP contribution >= 0.6 is 15.9 Å². The van der Waals surface area contributed by atoms with Crippen molar-refractivity contribution in [3.05, 3.63) is 87.7 Å².